The first-order valence-electron chi connectivity index (χ1n) is 6.71. The van der Waals surface area contributed by atoms with E-state index in [-0.39, 0.29) is 17.7 Å². The molecule has 0 spiro atoms. The highest BCUT2D eigenvalue weighted by Crippen LogP contribution is 2.17. The van der Waals surface area contributed by atoms with Gasteiger partial charge < -0.3 is 16.2 Å². The quantitative estimate of drug-likeness (QED) is 0.787. The summed E-state index contributed by atoms with van der Waals surface area (Å²) in [5, 5.41) is 14.9. The number of carbonyl (C=O) groups is 1. The number of aromatic nitrogens is 1. The van der Waals surface area contributed by atoms with Crippen molar-refractivity contribution >= 4 is 17.2 Å². The minimum absolute atomic E-state index is 0.151. The molecular formula is C15H19N3O2S. The Morgan fingerprint density at radius 3 is 2.67 bits per heavy atom. The average molecular weight is 305 g/mol. The van der Waals surface area contributed by atoms with Crippen LogP contribution in [-0.4, -0.2) is 22.0 Å². The van der Waals surface area contributed by atoms with Crippen molar-refractivity contribution in [1.29, 1.82) is 0 Å². The Balaban J connectivity index is 1.91. The maximum atomic E-state index is 12.1. The SMILES string of the molecule is Cc1csc(C(C)NC(=O)[C@H](N)Cc2ccc(O)cc2)n1. The molecule has 1 aromatic carbocycles. The second-order valence-electron chi connectivity index (χ2n) is 5.03. The zero-order valence-corrected chi connectivity index (χ0v) is 12.9. The molecule has 21 heavy (non-hydrogen) atoms. The molecule has 0 aliphatic carbocycles. The fourth-order valence-corrected chi connectivity index (χ4v) is 2.74. The van der Waals surface area contributed by atoms with Crippen LogP contribution in [-0.2, 0) is 11.2 Å². The fourth-order valence-electron chi connectivity index (χ4n) is 1.93. The summed E-state index contributed by atoms with van der Waals surface area (Å²) in [5.74, 6) is -0.00652. The van der Waals surface area contributed by atoms with Gasteiger partial charge in [0, 0.05) is 11.1 Å². The Labute approximate surface area is 127 Å². The van der Waals surface area contributed by atoms with Gasteiger partial charge in [0.15, 0.2) is 0 Å². The molecule has 2 atom stereocenters. The highest BCUT2D eigenvalue weighted by molar-refractivity contribution is 7.09. The number of hydrogen-bond acceptors (Lipinski definition) is 5. The van der Waals surface area contributed by atoms with Crippen LogP contribution in [0.2, 0.25) is 0 Å². The first-order chi connectivity index (χ1) is 9.95. The Kier molecular flexibility index (Phi) is 4.93. The van der Waals surface area contributed by atoms with Gasteiger partial charge in [-0.05, 0) is 38.0 Å². The third-order valence-corrected chi connectivity index (χ3v) is 4.24. The van der Waals surface area contributed by atoms with Crippen LogP contribution in [0.1, 0.15) is 29.2 Å². The van der Waals surface area contributed by atoms with Gasteiger partial charge in [-0.2, -0.15) is 0 Å². The van der Waals surface area contributed by atoms with Crippen molar-refractivity contribution < 1.29 is 9.90 Å². The van der Waals surface area contributed by atoms with Crippen LogP contribution in [0.4, 0.5) is 0 Å². The molecule has 4 N–H and O–H groups in total. The summed E-state index contributed by atoms with van der Waals surface area (Å²) in [6, 6.07) is 5.91. The summed E-state index contributed by atoms with van der Waals surface area (Å²) in [6.45, 7) is 3.81. The predicted octanol–water partition coefficient (Wildman–Crippen LogP) is 1.90. The third-order valence-electron chi connectivity index (χ3n) is 3.09. The van der Waals surface area contributed by atoms with E-state index in [4.69, 9.17) is 5.73 Å². The Morgan fingerprint density at radius 2 is 2.10 bits per heavy atom. The van der Waals surface area contributed by atoms with E-state index < -0.39 is 6.04 Å². The molecule has 1 heterocycles. The van der Waals surface area contributed by atoms with E-state index in [1.165, 1.54) is 11.3 Å². The highest BCUT2D eigenvalue weighted by Gasteiger charge is 2.18. The number of nitrogens with zero attached hydrogens (tertiary/aromatic N) is 1. The number of thiazole rings is 1. The van der Waals surface area contributed by atoms with Crippen LogP contribution in [0, 0.1) is 6.92 Å². The number of phenols is 1. The van der Waals surface area contributed by atoms with Crippen molar-refractivity contribution in [1.82, 2.24) is 10.3 Å². The Hall–Kier alpha value is -1.92. The van der Waals surface area contributed by atoms with E-state index >= 15 is 0 Å². The number of benzene rings is 1. The molecule has 0 saturated heterocycles. The van der Waals surface area contributed by atoms with E-state index in [1.807, 2.05) is 19.2 Å². The molecule has 6 heteroatoms. The second-order valence-corrected chi connectivity index (χ2v) is 5.92. The third kappa shape index (κ3) is 4.27. The molecule has 2 aromatic rings. The molecule has 0 aliphatic heterocycles. The number of hydrogen-bond donors (Lipinski definition) is 3. The van der Waals surface area contributed by atoms with Crippen LogP contribution in [0.5, 0.6) is 5.75 Å². The van der Waals surface area contributed by atoms with E-state index in [0.717, 1.165) is 16.3 Å². The first kappa shape index (κ1) is 15.5. The lowest BCUT2D eigenvalue weighted by Gasteiger charge is -2.16. The number of phenolic OH excluding ortho intramolecular Hbond substituents is 1. The van der Waals surface area contributed by atoms with E-state index in [2.05, 4.69) is 10.3 Å². The normalized spacial score (nSPS) is 13.7. The Bertz CT molecular complexity index is 610. The predicted molar refractivity (Wildman–Crippen MR) is 83.2 cm³/mol. The largest absolute Gasteiger partial charge is 0.508 e. The van der Waals surface area contributed by atoms with Gasteiger partial charge in [0.05, 0.1) is 12.1 Å². The monoisotopic (exact) mass is 305 g/mol. The number of carbonyl (C=O) groups excluding carboxylic acids is 1. The standard InChI is InChI=1S/C15H19N3O2S/c1-9-8-21-15(17-9)10(2)18-14(20)13(16)7-11-3-5-12(19)6-4-11/h3-6,8,10,13,19H,7,16H2,1-2H3,(H,18,20)/t10?,13-/m1/s1. The lowest BCUT2D eigenvalue weighted by Crippen LogP contribution is -2.42. The molecule has 2 rings (SSSR count). The summed E-state index contributed by atoms with van der Waals surface area (Å²) in [4.78, 5) is 16.4. The van der Waals surface area contributed by atoms with Crippen LogP contribution in [0.15, 0.2) is 29.6 Å². The lowest BCUT2D eigenvalue weighted by atomic mass is 10.1. The van der Waals surface area contributed by atoms with Gasteiger partial charge >= 0.3 is 0 Å². The fraction of sp³-hybridized carbons (Fsp3) is 0.333. The second kappa shape index (κ2) is 6.69. The average Bonchev–Trinajstić information content (AvgIpc) is 2.88. The van der Waals surface area contributed by atoms with E-state index in [0.29, 0.717) is 6.42 Å². The molecule has 112 valence electrons. The van der Waals surface area contributed by atoms with Crippen LogP contribution in [0.25, 0.3) is 0 Å². The summed E-state index contributed by atoms with van der Waals surface area (Å²) < 4.78 is 0. The molecule has 0 saturated carbocycles. The zero-order chi connectivity index (χ0) is 15.4. The molecule has 0 radical (unpaired) electrons. The molecular weight excluding hydrogens is 286 g/mol. The minimum atomic E-state index is -0.627. The van der Waals surface area contributed by atoms with Crippen LogP contribution in [0.3, 0.4) is 0 Å². The highest BCUT2D eigenvalue weighted by atomic mass is 32.1. The minimum Gasteiger partial charge on any atom is -0.508 e. The number of aryl methyl sites for hydroxylation is 1. The van der Waals surface area contributed by atoms with Crippen molar-refractivity contribution in [3.63, 3.8) is 0 Å². The molecule has 1 amide bonds. The topological polar surface area (TPSA) is 88.2 Å². The first-order valence-corrected chi connectivity index (χ1v) is 7.59. The molecule has 0 fully saturated rings. The molecule has 1 unspecified atom stereocenters. The van der Waals surface area contributed by atoms with E-state index in [1.54, 1.807) is 24.3 Å². The number of amides is 1. The van der Waals surface area contributed by atoms with Crippen molar-refractivity contribution in [3.8, 4) is 5.75 Å². The summed E-state index contributed by atoms with van der Waals surface area (Å²) in [7, 11) is 0. The number of nitrogens with one attached hydrogen (secondary N) is 1. The number of rotatable bonds is 5. The van der Waals surface area contributed by atoms with Gasteiger partial charge in [0.25, 0.3) is 0 Å². The Morgan fingerprint density at radius 1 is 1.43 bits per heavy atom. The van der Waals surface area contributed by atoms with E-state index in [9.17, 15) is 9.90 Å². The zero-order valence-electron chi connectivity index (χ0n) is 12.0. The lowest BCUT2D eigenvalue weighted by molar-refractivity contribution is -0.123. The smallest absolute Gasteiger partial charge is 0.237 e. The van der Waals surface area contributed by atoms with Crippen molar-refractivity contribution in [2.45, 2.75) is 32.4 Å². The van der Waals surface area contributed by atoms with Gasteiger partial charge in [-0.1, -0.05) is 12.1 Å². The maximum absolute atomic E-state index is 12.1. The maximum Gasteiger partial charge on any atom is 0.237 e. The van der Waals surface area contributed by atoms with Crippen LogP contribution < -0.4 is 11.1 Å². The van der Waals surface area contributed by atoms with Gasteiger partial charge in [-0.25, -0.2) is 4.98 Å². The molecule has 1 aromatic heterocycles. The molecule has 0 bridgehead atoms. The summed E-state index contributed by atoms with van der Waals surface area (Å²) in [6.07, 6.45) is 0.426. The van der Waals surface area contributed by atoms with Gasteiger partial charge in [-0.15, -0.1) is 11.3 Å². The van der Waals surface area contributed by atoms with Crippen molar-refractivity contribution in [2.75, 3.05) is 0 Å². The van der Waals surface area contributed by atoms with Gasteiger partial charge in [-0.3, -0.25) is 4.79 Å². The van der Waals surface area contributed by atoms with Gasteiger partial charge in [0.2, 0.25) is 5.91 Å². The van der Waals surface area contributed by atoms with Crippen molar-refractivity contribution in [3.05, 3.63) is 45.9 Å². The summed E-state index contributed by atoms with van der Waals surface area (Å²) >= 11 is 1.52. The number of aromatic hydroxyl groups is 1. The summed E-state index contributed by atoms with van der Waals surface area (Å²) in [5.41, 5.74) is 7.79. The number of nitrogens with two attached hydrogens (primary N) is 1. The van der Waals surface area contributed by atoms with Gasteiger partial charge in [0.1, 0.15) is 10.8 Å². The van der Waals surface area contributed by atoms with Crippen LogP contribution >= 0.6 is 11.3 Å². The molecule has 5 nitrogen and oxygen atoms in total. The van der Waals surface area contributed by atoms with Crippen molar-refractivity contribution in [2.24, 2.45) is 5.73 Å². The molecule has 0 aliphatic rings.